The van der Waals surface area contributed by atoms with Gasteiger partial charge in [-0.25, -0.2) is 4.79 Å². The summed E-state index contributed by atoms with van der Waals surface area (Å²) in [4.78, 5) is 14.2. The van der Waals surface area contributed by atoms with Crippen molar-refractivity contribution in [2.24, 2.45) is 0 Å². The van der Waals surface area contributed by atoms with E-state index in [1.54, 1.807) is 6.08 Å². The molecule has 0 aromatic carbocycles. The molecule has 3 heteroatoms. The minimum absolute atomic E-state index is 0.0113. The van der Waals surface area contributed by atoms with Gasteiger partial charge in [0.15, 0.2) is 5.60 Å². The van der Waals surface area contributed by atoms with Gasteiger partial charge in [0.2, 0.25) is 0 Å². The van der Waals surface area contributed by atoms with Crippen LogP contribution in [-0.2, 0) is 9.53 Å². The van der Waals surface area contributed by atoms with Crippen molar-refractivity contribution in [1.29, 1.82) is 0 Å². The van der Waals surface area contributed by atoms with Crippen molar-refractivity contribution in [3.05, 3.63) is 23.8 Å². The Balaban J connectivity index is 1.91. The van der Waals surface area contributed by atoms with E-state index in [4.69, 9.17) is 4.74 Å². The maximum Gasteiger partial charge on any atom is 0.332 e. The number of nitrogens with zero attached hydrogens (tertiary/aromatic N) is 1. The topological polar surface area (TPSA) is 29.5 Å². The number of fused-ring (bicyclic) bond motifs is 3. The van der Waals surface area contributed by atoms with Gasteiger partial charge in [-0.2, -0.15) is 0 Å². The molecule has 2 fully saturated rings. The van der Waals surface area contributed by atoms with Crippen molar-refractivity contribution in [3.8, 4) is 0 Å². The molecule has 0 amide bonds. The first-order chi connectivity index (χ1) is 8.16. The first-order valence-electron chi connectivity index (χ1n) is 6.56. The lowest BCUT2D eigenvalue weighted by molar-refractivity contribution is -0.154. The second kappa shape index (κ2) is 2.83. The Bertz CT molecular complexity index is 467. The predicted octanol–water partition coefficient (Wildman–Crippen LogP) is 1.80. The highest BCUT2D eigenvalue weighted by Gasteiger charge is 2.66. The summed E-state index contributed by atoms with van der Waals surface area (Å²) in [5.41, 5.74) is 0.770. The summed E-state index contributed by atoms with van der Waals surface area (Å²) in [6.45, 7) is 3.42. The summed E-state index contributed by atoms with van der Waals surface area (Å²) in [7, 11) is 0. The molecule has 2 bridgehead atoms. The van der Waals surface area contributed by atoms with Crippen LogP contribution in [0.25, 0.3) is 0 Å². The second-order valence-corrected chi connectivity index (χ2v) is 5.90. The number of esters is 1. The lowest BCUT2D eigenvalue weighted by Gasteiger charge is -2.47. The molecule has 0 N–H and O–H groups in total. The average molecular weight is 231 g/mol. The van der Waals surface area contributed by atoms with E-state index in [1.807, 2.05) is 0 Å². The largest absolute Gasteiger partial charge is 0.449 e. The molecular weight excluding hydrogens is 214 g/mol. The molecule has 0 saturated carbocycles. The molecule has 90 valence electrons. The van der Waals surface area contributed by atoms with Gasteiger partial charge in [-0.05, 0) is 26.3 Å². The van der Waals surface area contributed by atoms with E-state index in [2.05, 4.69) is 24.0 Å². The van der Waals surface area contributed by atoms with Gasteiger partial charge >= 0.3 is 5.97 Å². The van der Waals surface area contributed by atoms with Crippen molar-refractivity contribution in [2.75, 3.05) is 6.54 Å². The van der Waals surface area contributed by atoms with E-state index >= 15 is 0 Å². The molecule has 4 rings (SSSR count). The maximum atomic E-state index is 11.7. The van der Waals surface area contributed by atoms with E-state index in [0.717, 1.165) is 25.0 Å². The van der Waals surface area contributed by atoms with Crippen LogP contribution in [0.3, 0.4) is 0 Å². The van der Waals surface area contributed by atoms with E-state index in [9.17, 15) is 4.79 Å². The maximum absolute atomic E-state index is 11.7. The lowest BCUT2D eigenvalue weighted by atomic mass is 9.71. The Kier molecular flexibility index (Phi) is 1.65. The van der Waals surface area contributed by atoms with Gasteiger partial charge in [-0.1, -0.05) is 18.6 Å². The quantitative estimate of drug-likeness (QED) is 0.595. The molecule has 3 nitrogen and oxygen atoms in total. The predicted molar refractivity (Wildman–Crippen MR) is 63.4 cm³/mol. The summed E-state index contributed by atoms with van der Waals surface area (Å²) in [5.74, 6) is -0.154. The number of carbonyl (C=O) groups is 1. The molecule has 1 aliphatic carbocycles. The Hall–Kier alpha value is -1.09. The van der Waals surface area contributed by atoms with E-state index in [0.29, 0.717) is 6.04 Å². The number of hydrogen-bond acceptors (Lipinski definition) is 3. The van der Waals surface area contributed by atoms with Crippen molar-refractivity contribution in [3.63, 3.8) is 0 Å². The van der Waals surface area contributed by atoms with Crippen LogP contribution < -0.4 is 0 Å². The summed E-state index contributed by atoms with van der Waals surface area (Å²) in [6, 6.07) is 0.461. The van der Waals surface area contributed by atoms with Crippen molar-refractivity contribution >= 4 is 5.97 Å². The van der Waals surface area contributed by atoms with Crippen molar-refractivity contribution in [1.82, 2.24) is 4.90 Å². The zero-order valence-electron chi connectivity index (χ0n) is 10.1. The fourth-order valence-electron chi connectivity index (χ4n) is 4.39. The Labute approximate surface area is 101 Å². The van der Waals surface area contributed by atoms with Crippen LogP contribution in [0.2, 0.25) is 0 Å². The smallest absolute Gasteiger partial charge is 0.332 e. The molecule has 1 spiro atoms. The monoisotopic (exact) mass is 231 g/mol. The van der Waals surface area contributed by atoms with Gasteiger partial charge in [-0.3, -0.25) is 4.90 Å². The summed E-state index contributed by atoms with van der Waals surface area (Å²) < 4.78 is 5.79. The van der Waals surface area contributed by atoms with Crippen LogP contribution in [0.15, 0.2) is 23.8 Å². The third kappa shape index (κ3) is 0.959. The van der Waals surface area contributed by atoms with E-state index in [1.165, 1.54) is 12.8 Å². The number of hydrogen-bond donors (Lipinski definition) is 0. The van der Waals surface area contributed by atoms with E-state index in [-0.39, 0.29) is 17.1 Å². The van der Waals surface area contributed by atoms with Gasteiger partial charge in [0.05, 0.1) is 5.54 Å². The van der Waals surface area contributed by atoms with Gasteiger partial charge < -0.3 is 4.74 Å². The fraction of sp³-hybridized carbons (Fsp3) is 0.643. The second-order valence-electron chi connectivity index (χ2n) is 5.90. The van der Waals surface area contributed by atoms with Crippen LogP contribution in [0.1, 0.15) is 32.6 Å². The first kappa shape index (κ1) is 9.89. The molecule has 3 atom stereocenters. The zero-order valence-corrected chi connectivity index (χ0v) is 10.1. The van der Waals surface area contributed by atoms with Gasteiger partial charge in [0.1, 0.15) is 0 Å². The van der Waals surface area contributed by atoms with Crippen LogP contribution in [0.5, 0.6) is 0 Å². The lowest BCUT2D eigenvalue weighted by Crippen LogP contribution is -2.58. The van der Waals surface area contributed by atoms with Gasteiger partial charge in [0.25, 0.3) is 0 Å². The summed E-state index contributed by atoms with van der Waals surface area (Å²) in [6.07, 6.45) is 10.7. The average Bonchev–Trinajstić information content (AvgIpc) is 2.74. The number of piperidine rings is 1. The van der Waals surface area contributed by atoms with Crippen LogP contribution in [0, 0.1) is 0 Å². The molecule has 3 aliphatic heterocycles. The molecule has 2 saturated heterocycles. The minimum atomic E-state index is -0.343. The van der Waals surface area contributed by atoms with Gasteiger partial charge in [-0.15, -0.1) is 0 Å². The Morgan fingerprint density at radius 3 is 3.24 bits per heavy atom. The molecule has 17 heavy (non-hydrogen) atoms. The Morgan fingerprint density at radius 1 is 1.47 bits per heavy atom. The standard InChI is InChI=1S/C14H17NO2/c1-13-6-2-3-7-15(13)11-5-4-10-8-12(16)17-14(10,13)9-11/h4-5,8,11H,2-3,6-7,9H2,1H3/t11-,13-,14+/m1/s1. The molecule has 4 aliphatic rings. The summed E-state index contributed by atoms with van der Waals surface area (Å²) >= 11 is 0. The van der Waals surface area contributed by atoms with Crippen molar-refractivity contribution < 1.29 is 9.53 Å². The van der Waals surface area contributed by atoms with Crippen LogP contribution >= 0.6 is 0 Å². The molecular formula is C14H17NO2. The van der Waals surface area contributed by atoms with Crippen LogP contribution in [-0.4, -0.2) is 34.6 Å². The Morgan fingerprint density at radius 2 is 2.35 bits per heavy atom. The third-order valence-electron chi connectivity index (χ3n) is 5.23. The zero-order chi connectivity index (χ0) is 11.7. The highest BCUT2D eigenvalue weighted by molar-refractivity contribution is 5.88. The number of ether oxygens (including phenoxy) is 1. The molecule has 0 aromatic heterocycles. The SMILES string of the molecule is C[C@]12CCCCN1[C@@H]1C=CC3=CC(=O)O[C@@]32C1. The molecule has 0 aromatic rings. The number of rotatable bonds is 0. The normalized spacial score (nSPS) is 47.5. The minimum Gasteiger partial charge on any atom is -0.449 e. The fourth-order valence-corrected chi connectivity index (χ4v) is 4.39. The van der Waals surface area contributed by atoms with E-state index < -0.39 is 0 Å². The van der Waals surface area contributed by atoms with Crippen molar-refractivity contribution in [2.45, 2.75) is 49.8 Å². The molecule has 0 unspecified atom stereocenters. The highest BCUT2D eigenvalue weighted by Crippen LogP contribution is 2.57. The number of carbonyl (C=O) groups excluding carboxylic acids is 1. The summed E-state index contributed by atoms with van der Waals surface area (Å²) in [5, 5.41) is 0. The van der Waals surface area contributed by atoms with Crippen LogP contribution in [0.4, 0.5) is 0 Å². The third-order valence-corrected chi connectivity index (χ3v) is 5.23. The molecule has 3 heterocycles. The molecule has 0 radical (unpaired) electrons. The van der Waals surface area contributed by atoms with Gasteiger partial charge in [0, 0.05) is 24.1 Å². The highest BCUT2D eigenvalue weighted by atomic mass is 16.6. The first-order valence-corrected chi connectivity index (χ1v) is 6.56.